The number of rotatable bonds is 9. The molecule has 0 atom stereocenters. The molecular formula is C21H25N3O3S. The quantitative estimate of drug-likeness (QED) is 0.547. The average molecular weight is 400 g/mol. The Kier molecular flexibility index (Phi) is 6.84. The van der Waals surface area contributed by atoms with Crippen LogP contribution in [-0.2, 0) is 13.1 Å². The molecule has 0 aliphatic carbocycles. The lowest BCUT2D eigenvalue weighted by atomic mass is 10.2. The smallest absolute Gasteiger partial charge is 0.263 e. The first-order chi connectivity index (χ1) is 13.5. The number of nitrogens with zero attached hydrogens (tertiary/aromatic N) is 3. The Hall–Kier alpha value is -2.64. The van der Waals surface area contributed by atoms with E-state index in [1.807, 2.05) is 49.7 Å². The van der Waals surface area contributed by atoms with Gasteiger partial charge in [-0.15, -0.1) is 11.3 Å². The number of hydrogen-bond donors (Lipinski definition) is 0. The molecule has 0 saturated heterocycles. The van der Waals surface area contributed by atoms with E-state index < -0.39 is 0 Å². The summed E-state index contributed by atoms with van der Waals surface area (Å²) in [5.41, 5.74) is 2.09. The predicted molar refractivity (Wildman–Crippen MR) is 110 cm³/mol. The van der Waals surface area contributed by atoms with Gasteiger partial charge in [-0.3, -0.25) is 9.69 Å². The maximum absolute atomic E-state index is 12.2. The van der Waals surface area contributed by atoms with Crippen LogP contribution in [0.2, 0.25) is 0 Å². The van der Waals surface area contributed by atoms with Crippen LogP contribution < -0.4 is 4.74 Å². The maximum atomic E-state index is 12.2. The largest absolute Gasteiger partial charge is 0.492 e. The van der Waals surface area contributed by atoms with Gasteiger partial charge in [-0.05, 0) is 43.1 Å². The van der Waals surface area contributed by atoms with Crippen LogP contribution in [0.5, 0.6) is 5.75 Å². The van der Waals surface area contributed by atoms with Gasteiger partial charge in [0.1, 0.15) is 12.4 Å². The molecule has 3 rings (SSSR count). The zero-order chi connectivity index (χ0) is 19.9. The second-order valence-corrected chi connectivity index (χ2v) is 7.75. The van der Waals surface area contributed by atoms with E-state index in [4.69, 9.17) is 9.26 Å². The van der Waals surface area contributed by atoms with Gasteiger partial charge in [0.2, 0.25) is 0 Å². The van der Waals surface area contributed by atoms with Crippen LogP contribution in [0, 0.1) is 6.92 Å². The second-order valence-electron chi connectivity index (χ2n) is 6.80. The number of benzene rings is 1. The first kappa shape index (κ1) is 20.1. The molecule has 6 nitrogen and oxygen atoms in total. The molecule has 0 N–H and O–H groups in total. The molecule has 0 unspecified atom stereocenters. The summed E-state index contributed by atoms with van der Waals surface area (Å²) in [5.74, 6) is 1.69. The van der Waals surface area contributed by atoms with Crippen molar-refractivity contribution in [3.63, 3.8) is 0 Å². The lowest BCUT2D eigenvalue weighted by molar-refractivity contribution is 0.0778. The third-order valence-electron chi connectivity index (χ3n) is 4.25. The number of aromatic nitrogens is 1. The van der Waals surface area contributed by atoms with E-state index in [2.05, 4.69) is 22.2 Å². The molecule has 2 heterocycles. The van der Waals surface area contributed by atoms with Gasteiger partial charge in [-0.2, -0.15) is 0 Å². The summed E-state index contributed by atoms with van der Waals surface area (Å²) in [6.07, 6.45) is 0. The minimum Gasteiger partial charge on any atom is -0.492 e. The Labute approximate surface area is 169 Å². The van der Waals surface area contributed by atoms with Crippen LogP contribution in [0.4, 0.5) is 0 Å². The molecule has 0 spiro atoms. The zero-order valence-corrected chi connectivity index (χ0v) is 17.2. The number of carbonyl (C=O) groups excluding carboxylic acids is 1. The number of aryl methyl sites for hydroxylation is 1. The maximum Gasteiger partial charge on any atom is 0.263 e. The van der Waals surface area contributed by atoms with Crippen molar-refractivity contribution in [2.24, 2.45) is 0 Å². The molecule has 1 amide bonds. The Morgan fingerprint density at radius 3 is 2.61 bits per heavy atom. The molecule has 0 aliphatic rings. The second kappa shape index (κ2) is 9.52. The molecule has 3 aromatic rings. The van der Waals surface area contributed by atoms with E-state index in [9.17, 15) is 4.79 Å². The van der Waals surface area contributed by atoms with Crippen LogP contribution >= 0.6 is 11.3 Å². The molecule has 2 aromatic heterocycles. The topological polar surface area (TPSA) is 58.8 Å². The van der Waals surface area contributed by atoms with Gasteiger partial charge in [0, 0.05) is 19.7 Å². The Bertz CT molecular complexity index is 875. The molecule has 0 aliphatic heterocycles. The minimum atomic E-state index is 0.0268. The van der Waals surface area contributed by atoms with Crippen molar-refractivity contribution in [2.75, 3.05) is 27.2 Å². The fourth-order valence-electron chi connectivity index (χ4n) is 2.81. The Balaban J connectivity index is 1.42. The fraction of sp³-hybridized carbons (Fsp3) is 0.333. The number of carbonyl (C=O) groups is 1. The number of ether oxygens (including phenoxy) is 1. The van der Waals surface area contributed by atoms with Gasteiger partial charge in [0.05, 0.1) is 23.7 Å². The van der Waals surface area contributed by atoms with Crippen molar-refractivity contribution in [2.45, 2.75) is 20.0 Å². The van der Waals surface area contributed by atoms with Crippen LogP contribution in [-0.4, -0.2) is 48.1 Å². The van der Waals surface area contributed by atoms with Crippen molar-refractivity contribution in [3.05, 3.63) is 69.7 Å². The summed E-state index contributed by atoms with van der Waals surface area (Å²) in [6.45, 7) is 4.43. The van der Waals surface area contributed by atoms with Gasteiger partial charge in [0.15, 0.2) is 5.76 Å². The monoisotopic (exact) mass is 399 g/mol. The highest BCUT2D eigenvalue weighted by atomic mass is 32.1. The van der Waals surface area contributed by atoms with Gasteiger partial charge < -0.3 is 14.2 Å². The van der Waals surface area contributed by atoms with Crippen LogP contribution in [0.25, 0.3) is 0 Å². The summed E-state index contributed by atoms with van der Waals surface area (Å²) >= 11 is 1.45. The SMILES string of the molecule is Cc1cc(CN(C)Cc2ccc(OCCN(C)C(=O)c3cccs3)cc2)on1. The summed E-state index contributed by atoms with van der Waals surface area (Å²) < 4.78 is 11.0. The standard InChI is InChI=1S/C21H25N3O3S/c1-16-13-19(27-22-16)15-23(2)14-17-6-8-18(9-7-17)26-11-10-24(3)21(25)20-5-4-12-28-20/h4-9,12-13H,10-11,14-15H2,1-3H3. The van der Waals surface area contributed by atoms with Gasteiger partial charge in [-0.25, -0.2) is 0 Å². The summed E-state index contributed by atoms with van der Waals surface area (Å²) in [5, 5.41) is 5.82. The van der Waals surface area contributed by atoms with E-state index in [0.29, 0.717) is 19.7 Å². The number of hydrogen-bond acceptors (Lipinski definition) is 6. The van der Waals surface area contributed by atoms with Crippen molar-refractivity contribution in [1.29, 1.82) is 0 Å². The lowest BCUT2D eigenvalue weighted by Gasteiger charge is -2.17. The molecule has 0 saturated carbocycles. The van der Waals surface area contributed by atoms with Crippen LogP contribution in [0.15, 0.2) is 52.4 Å². The van der Waals surface area contributed by atoms with E-state index >= 15 is 0 Å². The third-order valence-corrected chi connectivity index (χ3v) is 5.11. The van der Waals surface area contributed by atoms with Crippen LogP contribution in [0.3, 0.4) is 0 Å². The normalized spacial score (nSPS) is 11.0. The van der Waals surface area contributed by atoms with Crippen molar-refractivity contribution in [3.8, 4) is 5.75 Å². The molecule has 1 aromatic carbocycles. The fourth-order valence-corrected chi connectivity index (χ4v) is 3.52. The highest BCUT2D eigenvalue weighted by Crippen LogP contribution is 2.15. The minimum absolute atomic E-state index is 0.0268. The highest BCUT2D eigenvalue weighted by molar-refractivity contribution is 7.12. The van der Waals surface area contributed by atoms with E-state index in [0.717, 1.165) is 28.6 Å². The average Bonchev–Trinajstić information content (AvgIpc) is 3.34. The van der Waals surface area contributed by atoms with Crippen molar-refractivity contribution in [1.82, 2.24) is 15.0 Å². The third kappa shape index (κ3) is 5.68. The summed E-state index contributed by atoms with van der Waals surface area (Å²) in [7, 11) is 3.84. The molecule has 148 valence electrons. The Morgan fingerprint density at radius 2 is 1.96 bits per heavy atom. The first-order valence-electron chi connectivity index (χ1n) is 9.12. The van der Waals surface area contributed by atoms with Crippen molar-refractivity contribution < 1.29 is 14.1 Å². The van der Waals surface area contributed by atoms with Gasteiger partial charge in [0.25, 0.3) is 5.91 Å². The molecule has 0 fully saturated rings. The van der Waals surface area contributed by atoms with Crippen LogP contribution in [0.1, 0.15) is 26.7 Å². The number of likely N-dealkylation sites (N-methyl/N-ethyl adjacent to an activating group) is 1. The molecular weight excluding hydrogens is 374 g/mol. The molecule has 28 heavy (non-hydrogen) atoms. The van der Waals surface area contributed by atoms with Gasteiger partial charge in [-0.1, -0.05) is 23.4 Å². The summed E-state index contributed by atoms with van der Waals surface area (Å²) in [4.78, 5) is 16.8. The molecule has 0 radical (unpaired) electrons. The molecule has 7 heteroatoms. The number of thiophene rings is 1. The van der Waals surface area contributed by atoms with E-state index in [1.54, 1.807) is 11.9 Å². The highest BCUT2D eigenvalue weighted by Gasteiger charge is 2.12. The lowest BCUT2D eigenvalue weighted by Crippen LogP contribution is -2.30. The zero-order valence-electron chi connectivity index (χ0n) is 16.4. The molecule has 0 bridgehead atoms. The predicted octanol–water partition coefficient (Wildman–Crippen LogP) is 3.83. The summed E-state index contributed by atoms with van der Waals surface area (Å²) in [6, 6.07) is 13.7. The number of amides is 1. The van der Waals surface area contributed by atoms with Crippen molar-refractivity contribution >= 4 is 17.2 Å². The first-order valence-corrected chi connectivity index (χ1v) is 10.0. The Morgan fingerprint density at radius 1 is 1.18 bits per heavy atom. The van der Waals surface area contributed by atoms with E-state index in [1.165, 1.54) is 16.9 Å². The van der Waals surface area contributed by atoms with E-state index in [-0.39, 0.29) is 5.91 Å². The van der Waals surface area contributed by atoms with Gasteiger partial charge >= 0.3 is 0 Å².